The van der Waals surface area contributed by atoms with Crippen molar-refractivity contribution in [3.05, 3.63) is 71.3 Å². The van der Waals surface area contributed by atoms with Crippen LogP contribution in [-0.4, -0.2) is 39.1 Å². The molecule has 0 aromatic heterocycles. The van der Waals surface area contributed by atoms with Gasteiger partial charge in [0.15, 0.2) is 6.61 Å². The molecule has 0 fully saturated rings. The lowest BCUT2D eigenvalue weighted by Crippen LogP contribution is -3.07. The van der Waals surface area contributed by atoms with Crippen molar-refractivity contribution in [3.63, 3.8) is 0 Å². The first-order valence-corrected chi connectivity index (χ1v) is 8.64. The van der Waals surface area contributed by atoms with Crippen molar-refractivity contribution in [3.8, 4) is 0 Å². The SMILES string of the molecule is C[NH+](C)[C@@H](CNC(=O)COC(=O)c1ccc(C(F)(F)F)cc1)c1ccccc1. The highest BCUT2D eigenvalue weighted by Crippen LogP contribution is 2.29. The van der Waals surface area contributed by atoms with Gasteiger partial charge in [0, 0.05) is 5.56 Å². The summed E-state index contributed by atoms with van der Waals surface area (Å²) in [6, 6.07) is 13.3. The molecule has 28 heavy (non-hydrogen) atoms. The number of alkyl halides is 3. The van der Waals surface area contributed by atoms with E-state index in [1.165, 1.54) is 0 Å². The van der Waals surface area contributed by atoms with Gasteiger partial charge in [-0.05, 0) is 24.3 Å². The van der Waals surface area contributed by atoms with Crippen LogP contribution < -0.4 is 10.2 Å². The first-order chi connectivity index (χ1) is 13.2. The lowest BCUT2D eigenvalue weighted by atomic mass is 10.1. The lowest BCUT2D eigenvalue weighted by molar-refractivity contribution is -0.890. The number of esters is 1. The predicted molar refractivity (Wildman–Crippen MR) is 96.7 cm³/mol. The van der Waals surface area contributed by atoms with Crippen LogP contribution in [0.1, 0.15) is 27.5 Å². The molecule has 5 nitrogen and oxygen atoms in total. The van der Waals surface area contributed by atoms with E-state index in [-0.39, 0.29) is 11.6 Å². The third kappa shape index (κ3) is 6.09. The Bertz CT molecular complexity index is 791. The molecule has 2 aromatic rings. The predicted octanol–water partition coefficient (Wildman–Crippen LogP) is 1.86. The van der Waals surface area contributed by atoms with Crippen LogP contribution in [0.2, 0.25) is 0 Å². The van der Waals surface area contributed by atoms with Crippen molar-refractivity contribution < 1.29 is 32.4 Å². The summed E-state index contributed by atoms with van der Waals surface area (Å²) in [6.07, 6.45) is -4.48. The monoisotopic (exact) mass is 395 g/mol. The number of benzene rings is 2. The standard InChI is InChI=1S/C20H21F3N2O3/c1-25(2)17(14-6-4-3-5-7-14)12-24-18(26)13-28-19(27)15-8-10-16(11-9-15)20(21,22)23/h3-11,17H,12-13H2,1-2H3,(H,24,26)/p+1/t17-/m0/s1. The molecule has 150 valence electrons. The zero-order valence-corrected chi connectivity index (χ0v) is 15.5. The molecule has 0 bridgehead atoms. The van der Waals surface area contributed by atoms with E-state index in [0.29, 0.717) is 6.54 Å². The van der Waals surface area contributed by atoms with Crippen LogP contribution in [0.5, 0.6) is 0 Å². The Hall–Kier alpha value is -2.87. The van der Waals surface area contributed by atoms with Crippen molar-refractivity contribution >= 4 is 11.9 Å². The van der Waals surface area contributed by atoms with Crippen LogP contribution in [0, 0.1) is 0 Å². The Kier molecular flexibility index (Phi) is 7.17. The van der Waals surface area contributed by atoms with E-state index in [2.05, 4.69) is 5.32 Å². The topological polar surface area (TPSA) is 59.8 Å². The van der Waals surface area contributed by atoms with Crippen LogP contribution in [0.4, 0.5) is 13.2 Å². The average molecular weight is 395 g/mol. The molecule has 0 heterocycles. The summed E-state index contributed by atoms with van der Waals surface area (Å²) in [4.78, 5) is 25.0. The minimum absolute atomic E-state index is 0.0239. The number of carbonyl (C=O) groups excluding carboxylic acids is 2. The van der Waals surface area contributed by atoms with E-state index in [0.717, 1.165) is 34.7 Å². The molecule has 0 unspecified atom stereocenters. The molecule has 0 radical (unpaired) electrons. The van der Waals surface area contributed by atoms with Gasteiger partial charge in [0.05, 0.1) is 31.8 Å². The van der Waals surface area contributed by atoms with Crippen LogP contribution in [0.15, 0.2) is 54.6 Å². The van der Waals surface area contributed by atoms with Crippen LogP contribution >= 0.6 is 0 Å². The molecule has 2 N–H and O–H groups in total. The number of amides is 1. The average Bonchev–Trinajstić information content (AvgIpc) is 2.66. The molecule has 1 atom stereocenters. The number of quaternary nitrogens is 1. The summed E-state index contributed by atoms with van der Waals surface area (Å²) >= 11 is 0. The number of hydrogen-bond donors (Lipinski definition) is 2. The first kappa shape index (κ1) is 21.4. The Morgan fingerprint density at radius 1 is 1.04 bits per heavy atom. The van der Waals surface area contributed by atoms with Gasteiger partial charge in [-0.1, -0.05) is 30.3 Å². The Morgan fingerprint density at radius 2 is 1.64 bits per heavy atom. The van der Waals surface area contributed by atoms with Gasteiger partial charge in [-0.15, -0.1) is 0 Å². The van der Waals surface area contributed by atoms with E-state index in [4.69, 9.17) is 4.74 Å². The molecule has 1 amide bonds. The second kappa shape index (κ2) is 9.36. The largest absolute Gasteiger partial charge is 0.452 e. The maximum absolute atomic E-state index is 12.5. The fourth-order valence-electron chi connectivity index (χ4n) is 2.62. The minimum atomic E-state index is -4.48. The zero-order chi connectivity index (χ0) is 20.7. The van der Waals surface area contributed by atoms with Gasteiger partial charge in [-0.3, -0.25) is 4.79 Å². The maximum atomic E-state index is 12.5. The number of nitrogens with one attached hydrogen (secondary N) is 2. The van der Waals surface area contributed by atoms with E-state index in [9.17, 15) is 22.8 Å². The Labute approximate surface area is 161 Å². The molecule has 8 heteroatoms. The molecule has 0 spiro atoms. The third-order valence-corrected chi connectivity index (χ3v) is 4.18. The highest BCUT2D eigenvalue weighted by Gasteiger charge is 2.30. The second-order valence-electron chi connectivity index (χ2n) is 6.50. The van der Waals surface area contributed by atoms with Gasteiger partial charge in [-0.2, -0.15) is 13.2 Å². The van der Waals surface area contributed by atoms with Gasteiger partial charge < -0.3 is 15.0 Å². The van der Waals surface area contributed by atoms with Crippen LogP contribution in [0.3, 0.4) is 0 Å². The third-order valence-electron chi connectivity index (χ3n) is 4.18. The van der Waals surface area contributed by atoms with E-state index >= 15 is 0 Å². The fraction of sp³-hybridized carbons (Fsp3) is 0.300. The quantitative estimate of drug-likeness (QED) is 0.704. The maximum Gasteiger partial charge on any atom is 0.416 e. The van der Waals surface area contributed by atoms with Gasteiger partial charge in [0.2, 0.25) is 0 Å². The molecule has 2 rings (SSSR count). The van der Waals surface area contributed by atoms with Crippen molar-refractivity contribution in [2.45, 2.75) is 12.2 Å². The number of halogens is 3. The molecular weight excluding hydrogens is 373 g/mol. The fourth-order valence-corrected chi connectivity index (χ4v) is 2.62. The van der Waals surface area contributed by atoms with Gasteiger partial charge in [0.1, 0.15) is 6.04 Å². The van der Waals surface area contributed by atoms with Gasteiger partial charge in [-0.25, -0.2) is 4.79 Å². The summed E-state index contributed by atoms with van der Waals surface area (Å²) < 4.78 is 42.5. The number of rotatable bonds is 7. The van der Waals surface area contributed by atoms with E-state index in [1.54, 1.807) is 0 Å². The molecular formula is C20H22F3N2O3+. The number of hydrogen-bond acceptors (Lipinski definition) is 3. The molecule has 0 aliphatic heterocycles. The summed E-state index contributed by atoms with van der Waals surface area (Å²) in [5, 5.41) is 2.71. The smallest absolute Gasteiger partial charge is 0.416 e. The van der Waals surface area contributed by atoms with Crippen molar-refractivity contribution in [1.82, 2.24) is 5.32 Å². The summed E-state index contributed by atoms with van der Waals surface area (Å²) in [6.45, 7) is -0.160. The summed E-state index contributed by atoms with van der Waals surface area (Å²) in [5.41, 5.74) is 0.144. The second-order valence-corrected chi connectivity index (χ2v) is 6.50. The zero-order valence-electron chi connectivity index (χ0n) is 15.5. The number of carbonyl (C=O) groups is 2. The van der Waals surface area contributed by atoms with Crippen molar-refractivity contribution in [1.29, 1.82) is 0 Å². The molecule has 0 saturated heterocycles. The number of likely N-dealkylation sites (N-methyl/N-ethyl adjacent to an activating group) is 1. The van der Waals surface area contributed by atoms with Gasteiger partial charge in [0.25, 0.3) is 5.91 Å². The molecule has 0 saturated carbocycles. The first-order valence-electron chi connectivity index (χ1n) is 8.64. The number of ether oxygens (including phenoxy) is 1. The Balaban J connectivity index is 1.85. The normalized spacial score (nSPS) is 12.5. The molecule has 2 aromatic carbocycles. The Morgan fingerprint density at radius 3 is 2.18 bits per heavy atom. The van der Waals surface area contributed by atoms with E-state index in [1.807, 2.05) is 44.4 Å². The van der Waals surface area contributed by atoms with Crippen LogP contribution in [0.25, 0.3) is 0 Å². The van der Waals surface area contributed by atoms with Crippen molar-refractivity contribution in [2.75, 3.05) is 27.2 Å². The highest BCUT2D eigenvalue weighted by atomic mass is 19.4. The lowest BCUT2D eigenvalue weighted by Gasteiger charge is -2.22. The minimum Gasteiger partial charge on any atom is -0.452 e. The summed E-state index contributed by atoms with van der Waals surface area (Å²) in [5.74, 6) is -1.34. The van der Waals surface area contributed by atoms with Gasteiger partial charge >= 0.3 is 12.1 Å². The van der Waals surface area contributed by atoms with E-state index < -0.39 is 30.2 Å². The van der Waals surface area contributed by atoms with Crippen LogP contribution in [-0.2, 0) is 15.7 Å². The molecule has 0 aliphatic carbocycles. The highest BCUT2D eigenvalue weighted by molar-refractivity contribution is 5.91. The molecule has 0 aliphatic rings. The summed E-state index contributed by atoms with van der Waals surface area (Å²) in [7, 11) is 3.93. The van der Waals surface area contributed by atoms with Crippen molar-refractivity contribution in [2.24, 2.45) is 0 Å².